The first-order valence-corrected chi connectivity index (χ1v) is 4.51. The van der Waals surface area contributed by atoms with E-state index in [-0.39, 0.29) is 0 Å². The molecule has 0 fully saturated rings. The highest BCUT2D eigenvalue weighted by Crippen LogP contribution is 1.95. The summed E-state index contributed by atoms with van der Waals surface area (Å²) in [5.74, 6) is 0.669. The smallest absolute Gasteiger partial charge is 0.0945 e. The molecule has 2 N–H and O–H groups in total. The number of aromatic nitrogens is 2. The molecule has 0 amide bonds. The zero-order valence-corrected chi connectivity index (χ0v) is 7.98. The Hall–Kier alpha value is -1.32. The van der Waals surface area contributed by atoms with Gasteiger partial charge in [-0.1, -0.05) is 0 Å². The molecule has 0 aliphatic carbocycles. The van der Waals surface area contributed by atoms with E-state index in [4.69, 9.17) is 5.73 Å². The van der Waals surface area contributed by atoms with E-state index in [0.29, 0.717) is 5.84 Å². The van der Waals surface area contributed by atoms with Gasteiger partial charge in [-0.3, -0.25) is 4.99 Å². The van der Waals surface area contributed by atoms with E-state index in [1.165, 1.54) is 0 Å². The molecule has 1 heterocycles. The summed E-state index contributed by atoms with van der Waals surface area (Å²) in [5, 5.41) is 0. The quantitative estimate of drug-likeness (QED) is 0.418. The Kier molecular flexibility index (Phi) is 4.02. The van der Waals surface area contributed by atoms with Gasteiger partial charge in [0.2, 0.25) is 0 Å². The van der Waals surface area contributed by atoms with Gasteiger partial charge in [-0.2, -0.15) is 0 Å². The summed E-state index contributed by atoms with van der Waals surface area (Å²) in [7, 11) is 0. The first-order chi connectivity index (χ1) is 6.29. The third-order valence-corrected chi connectivity index (χ3v) is 1.74. The van der Waals surface area contributed by atoms with Crippen LogP contribution in [0.15, 0.2) is 23.7 Å². The van der Waals surface area contributed by atoms with Crippen molar-refractivity contribution in [1.29, 1.82) is 0 Å². The monoisotopic (exact) mass is 180 g/mol. The van der Waals surface area contributed by atoms with Crippen LogP contribution in [0.1, 0.15) is 19.8 Å². The Morgan fingerprint density at radius 3 is 3.00 bits per heavy atom. The van der Waals surface area contributed by atoms with Gasteiger partial charge in [0.1, 0.15) is 0 Å². The Morgan fingerprint density at radius 2 is 2.38 bits per heavy atom. The number of hydrogen-bond donors (Lipinski definition) is 1. The minimum Gasteiger partial charge on any atom is -0.388 e. The van der Waals surface area contributed by atoms with E-state index < -0.39 is 0 Å². The zero-order valence-electron chi connectivity index (χ0n) is 7.98. The minimum atomic E-state index is 0.669. The molecule has 1 aromatic heterocycles. The van der Waals surface area contributed by atoms with Gasteiger partial charge >= 0.3 is 0 Å². The Balaban J connectivity index is 2.05. The summed E-state index contributed by atoms with van der Waals surface area (Å²) in [5.41, 5.74) is 5.40. The van der Waals surface area contributed by atoms with Crippen LogP contribution in [0, 0.1) is 0 Å². The van der Waals surface area contributed by atoms with E-state index in [1.807, 2.05) is 19.4 Å². The number of amidine groups is 1. The number of aryl methyl sites for hydroxylation is 1. The molecule has 0 saturated heterocycles. The van der Waals surface area contributed by atoms with Gasteiger partial charge in [0.25, 0.3) is 0 Å². The fourth-order valence-corrected chi connectivity index (χ4v) is 1.08. The van der Waals surface area contributed by atoms with Crippen molar-refractivity contribution in [1.82, 2.24) is 9.55 Å². The van der Waals surface area contributed by atoms with Crippen LogP contribution in [0.25, 0.3) is 0 Å². The van der Waals surface area contributed by atoms with Crippen molar-refractivity contribution in [3.63, 3.8) is 0 Å². The van der Waals surface area contributed by atoms with E-state index in [1.54, 1.807) is 6.20 Å². The maximum absolute atomic E-state index is 5.40. The molecule has 0 aromatic carbocycles. The van der Waals surface area contributed by atoms with E-state index in [9.17, 15) is 0 Å². The second-order valence-electron chi connectivity index (χ2n) is 3.03. The number of rotatable bonds is 5. The summed E-state index contributed by atoms with van der Waals surface area (Å²) < 4.78 is 2.07. The highest BCUT2D eigenvalue weighted by molar-refractivity contribution is 5.77. The first kappa shape index (κ1) is 9.77. The maximum Gasteiger partial charge on any atom is 0.0945 e. The number of aliphatic imine (C=N–C) groups is 1. The average molecular weight is 180 g/mol. The Labute approximate surface area is 78.5 Å². The lowest BCUT2D eigenvalue weighted by molar-refractivity contribution is 0.615. The fraction of sp³-hybridized carbons (Fsp3) is 0.556. The lowest BCUT2D eigenvalue weighted by Gasteiger charge is -1.99. The molecule has 4 heteroatoms. The predicted molar refractivity (Wildman–Crippen MR) is 53.6 cm³/mol. The van der Waals surface area contributed by atoms with Gasteiger partial charge < -0.3 is 10.3 Å². The normalized spacial score (nSPS) is 11.9. The molecule has 13 heavy (non-hydrogen) atoms. The number of imidazole rings is 1. The lowest BCUT2D eigenvalue weighted by Crippen LogP contribution is -2.06. The molecule has 0 bridgehead atoms. The highest BCUT2D eigenvalue weighted by Gasteiger charge is 1.89. The highest BCUT2D eigenvalue weighted by atomic mass is 15.0. The number of unbranched alkanes of at least 4 members (excludes halogenated alkanes) is 1. The summed E-state index contributed by atoms with van der Waals surface area (Å²) in [6.07, 6.45) is 7.79. The van der Waals surface area contributed by atoms with Crippen molar-refractivity contribution >= 4 is 5.84 Å². The molecule has 1 aromatic rings. The van der Waals surface area contributed by atoms with Gasteiger partial charge in [0.15, 0.2) is 0 Å². The summed E-state index contributed by atoms with van der Waals surface area (Å²) in [6, 6.07) is 0. The summed E-state index contributed by atoms with van der Waals surface area (Å²) >= 11 is 0. The number of nitrogens with zero attached hydrogens (tertiary/aromatic N) is 3. The topological polar surface area (TPSA) is 56.2 Å². The van der Waals surface area contributed by atoms with Crippen LogP contribution in [-0.2, 0) is 6.54 Å². The van der Waals surface area contributed by atoms with Crippen LogP contribution in [-0.4, -0.2) is 21.9 Å². The van der Waals surface area contributed by atoms with Crippen molar-refractivity contribution < 1.29 is 0 Å². The first-order valence-electron chi connectivity index (χ1n) is 4.51. The molecular formula is C9H16N4. The van der Waals surface area contributed by atoms with Crippen LogP contribution in [0.3, 0.4) is 0 Å². The Morgan fingerprint density at radius 1 is 1.54 bits per heavy atom. The molecule has 0 unspecified atom stereocenters. The summed E-state index contributed by atoms with van der Waals surface area (Å²) in [4.78, 5) is 8.08. The average Bonchev–Trinajstić information content (AvgIpc) is 2.55. The van der Waals surface area contributed by atoms with Gasteiger partial charge in [-0.05, 0) is 19.8 Å². The fourth-order valence-electron chi connectivity index (χ4n) is 1.08. The molecule has 4 nitrogen and oxygen atoms in total. The zero-order chi connectivity index (χ0) is 9.52. The molecule has 0 atom stereocenters. The van der Waals surface area contributed by atoms with E-state index in [2.05, 4.69) is 14.5 Å². The molecule has 0 aliphatic heterocycles. The van der Waals surface area contributed by atoms with Gasteiger partial charge in [-0.15, -0.1) is 0 Å². The van der Waals surface area contributed by atoms with Crippen molar-refractivity contribution in [3.05, 3.63) is 18.7 Å². The van der Waals surface area contributed by atoms with Crippen LogP contribution >= 0.6 is 0 Å². The third kappa shape index (κ3) is 4.30. The van der Waals surface area contributed by atoms with Crippen LogP contribution in [0.5, 0.6) is 0 Å². The second-order valence-corrected chi connectivity index (χ2v) is 3.03. The second kappa shape index (κ2) is 5.35. The predicted octanol–water partition coefficient (Wildman–Crippen LogP) is 1.04. The van der Waals surface area contributed by atoms with E-state index in [0.717, 1.165) is 25.9 Å². The van der Waals surface area contributed by atoms with Crippen molar-refractivity contribution in [2.45, 2.75) is 26.3 Å². The minimum absolute atomic E-state index is 0.669. The molecule has 0 spiro atoms. The molecule has 0 saturated carbocycles. The SMILES string of the molecule is CC(N)=NCCCCn1ccnc1. The van der Waals surface area contributed by atoms with Gasteiger partial charge in [0, 0.05) is 25.5 Å². The summed E-state index contributed by atoms with van der Waals surface area (Å²) in [6.45, 7) is 3.66. The molecule has 0 radical (unpaired) electrons. The lowest BCUT2D eigenvalue weighted by atomic mass is 10.3. The van der Waals surface area contributed by atoms with Crippen LogP contribution in [0.4, 0.5) is 0 Å². The van der Waals surface area contributed by atoms with Crippen molar-refractivity contribution in [2.24, 2.45) is 10.7 Å². The van der Waals surface area contributed by atoms with Gasteiger partial charge in [0.05, 0.1) is 12.2 Å². The standard InChI is InChI=1S/C9H16N4/c1-9(10)12-4-2-3-6-13-7-5-11-8-13/h5,7-8H,2-4,6H2,1H3,(H2,10,12). The largest absolute Gasteiger partial charge is 0.388 e. The van der Waals surface area contributed by atoms with E-state index >= 15 is 0 Å². The van der Waals surface area contributed by atoms with Crippen molar-refractivity contribution in [3.8, 4) is 0 Å². The molecule has 1 rings (SSSR count). The molecule has 72 valence electrons. The molecule has 0 aliphatic rings. The van der Waals surface area contributed by atoms with Gasteiger partial charge in [-0.25, -0.2) is 4.98 Å². The maximum atomic E-state index is 5.40. The number of hydrogen-bond acceptors (Lipinski definition) is 2. The van der Waals surface area contributed by atoms with Crippen molar-refractivity contribution in [2.75, 3.05) is 6.54 Å². The van der Waals surface area contributed by atoms with Crippen LogP contribution in [0.2, 0.25) is 0 Å². The molecular weight excluding hydrogens is 164 g/mol. The third-order valence-electron chi connectivity index (χ3n) is 1.74. The Bertz CT molecular complexity index is 247. The number of nitrogens with two attached hydrogens (primary N) is 1. The van der Waals surface area contributed by atoms with Crippen LogP contribution < -0.4 is 5.73 Å².